The van der Waals surface area contributed by atoms with Gasteiger partial charge in [-0.15, -0.1) is 0 Å². The summed E-state index contributed by atoms with van der Waals surface area (Å²) in [6, 6.07) is 0. The predicted octanol–water partition coefficient (Wildman–Crippen LogP) is 1.29. The van der Waals surface area contributed by atoms with E-state index >= 15 is 0 Å². The maximum absolute atomic E-state index is 5.19. The van der Waals surface area contributed by atoms with Crippen LogP contribution in [0.4, 0.5) is 5.95 Å². The molecule has 5 heteroatoms. The van der Waals surface area contributed by atoms with Gasteiger partial charge in [0.1, 0.15) is 0 Å². The van der Waals surface area contributed by atoms with Crippen LogP contribution >= 0.6 is 0 Å². The summed E-state index contributed by atoms with van der Waals surface area (Å²) in [7, 11) is 0. The van der Waals surface area contributed by atoms with E-state index in [0.717, 1.165) is 44.7 Å². The summed E-state index contributed by atoms with van der Waals surface area (Å²) in [6.07, 6.45) is 8.10. The molecule has 17 heavy (non-hydrogen) atoms. The van der Waals surface area contributed by atoms with Gasteiger partial charge in [-0.2, -0.15) is 0 Å². The van der Waals surface area contributed by atoms with Gasteiger partial charge in [0.15, 0.2) is 0 Å². The van der Waals surface area contributed by atoms with Crippen LogP contribution in [-0.2, 0) is 11.3 Å². The van der Waals surface area contributed by atoms with Crippen LogP contribution in [-0.4, -0.2) is 29.2 Å². The highest BCUT2D eigenvalue weighted by Gasteiger charge is 2.20. The molecule has 5 nitrogen and oxygen atoms in total. The van der Waals surface area contributed by atoms with E-state index in [2.05, 4.69) is 21.8 Å². The van der Waals surface area contributed by atoms with Gasteiger partial charge < -0.3 is 9.74 Å². The lowest BCUT2D eigenvalue weighted by molar-refractivity contribution is 0.0366. The molecule has 0 saturated carbocycles. The van der Waals surface area contributed by atoms with Crippen LogP contribution in [0.1, 0.15) is 31.7 Å². The fourth-order valence-electron chi connectivity index (χ4n) is 2.12. The van der Waals surface area contributed by atoms with Crippen LogP contribution in [0.2, 0.25) is 0 Å². The second-order valence-electron chi connectivity index (χ2n) is 4.46. The van der Waals surface area contributed by atoms with E-state index in [-0.39, 0.29) is 6.10 Å². The van der Waals surface area contributed by atoms with Crippen molar-refractivity contribution in [2.45, 2.75) is 38.7 Å². The fraction of sp³-hybridized carbons (Fsp3) is 0.667. The molecule has 0 aromatic carbocycles. The van der Waals surface area contributed by atoms with Crippen molar-refractivity contribution in [3.63, 3.8) is 0 Å². The third-order valence-corrected chi connectivity index (χ3v) is 3.15. The van der Waals surface area contributed by atoms with Gasteiger partial charge in [0, 0.05) is 25.5 Å². The molecule has 2 heterocycles. The second kappa shape index (κ2) is 5.93. The van der Waals surface area contributed by atoms with E-state index in [9.17, 15) is 0 Å². The molecule has 2 rings (SSSR count). The smallest absolute Gasteiger partial charge is 0.225 e. The number of nitrogens with zero attached hydrogens (tertiary/aromatic N) is 3. The van der Waals surface area contributed by atoms with Gasteiger partial charge in [0.05, 0.1) is 6.10 Å². The molecule has 0 bridgehead atoms. The third-order valence-electron chi connectivity index (χ3n) is 3.15. The summed E-state index contributed by atoms with van der Waals surface area (Å²) < 4.78 is 0. The van der Waals surface area contributed by atoms with Crippen molar-refractivity contribution in [1.82, 2.24) is 9.97 Å². The van der Waals surface area contributed by atoms with Crippen molar-refractivity contribution in [3.8, 4) is 0 Å². The monoisotopic (exact) mass is 236 g/mol. The topological polar surface area (TPSA) is 64.3 Å². The Hall–Kier alpha value is -1.20. The Morgan fingerprint density at radius 2 is 2.00 bits per heavy atom. The van der Waals surface area contributed by atoms with Crippen LogP contribution < -0.4 is 10.8 Å². The van der Waals surface area contributed by atoms with Crippen LogP contribution in [0.5, 0.6) is 0 Å². The molecule has 0 spiro atoms. The van der Waals surface area contributed by atoms with Crippen molar-refractivity contribution in [2.24, 2.45) is 5.90 Å². The van der Waals surface area contributed by atoms with E-state index < -0.39 is 0 Å². The minimum atomic E-state index is 0.186. The number of piperidine rings is 1. The number of aryl methyl sites for hydroxylation is 1. The average molecular weight is 236 g/mol. The molecule has 0 aliphatic carbocycles. The Labute approximate surface area is 102 Å². The SMILES string of the molecule is CCCc1cnc(N2CCC(ON)CC2)nc1. The Morgan fingerprint density at radius 3 is 2.53 bits per heavy atom. The van der Waals surface area contributed by atoms with Gasteiger partial charge >= 0.3 is 0 Å². The Bertz CT molecular complexity index is 333. The number of anilines is 1. The van der Waals surface area contributed by atoms with Crippen LogP contribution in [0, 0.1) is 0 Å². The molecule has 0 atom stereocenters. The molecule has 94 valence electrons. The summed E-state index contributed by atoms with van der Waals surface area (Å²) in [6.45, 7) is 3.98. The molecule has 2 N–H and O–H groups in total. The summed E-state index contributed by atoms with van der Waals surface area (Å²) in [5, 5.41) is 0. The van der Waals surface area contributed by atoms with Crippen LogP contribution in [0.3, 0.4) is 0 Å². The Kier molecular flexibility index (Phi) is 4.28. The molecular formula is C12H20N4O. The minimum absolute atomic E-state index is 0.186. The highest BCUT2D eigenvalue weighted by molar-refractivity contribution is 5.30. The minimum Gasteiger partial charge on any atom is -0.341 e. The molecule has 0 radical (unpaired) electrons. The van der Waals surface area contributed by atoms with E-state index in [1.54, 1.807) is 0 Å². The molecule has 1 aromatic rings. The van der Waals surface area contributed by atoms with Gasteiger partial charge in [-0.25, -0.2) is 15.9 Å². The van der Waals surface area contributed by atoms with Gasteiger partial charge in [-0.3, -0.25) is 0 Å². The quantitative estimate of drug-likeness (QED) is 0.798. The largest absolute Gasteiger partial charge is 0.341 e. The van der Waals surface area contributed by atoms with Crippen molar-refractivity contribution in [2.75, 3.05) is 18.0 Å². The first-order valence-corrected chi connectivity index (χ1v) is 6.25. The first kappa shape index (κ1) is 12.3. The maximum atomic E-state index is 5.19. The summed E-state index contributed by atoms with van der Waals surface area (Å²) in [5.41, 5.74) is 1.21. The lowest BCUT2D eigenvalue weighted by atomic mass is 10.1. The zero-order valence-corrected chi connectivity index (χ0v) is 10.3. The Morgan fingerprint density at radius 1 is 1.35 bits per heavy atom. The molecular weight excluding hydrogens is 216 g/mol. The summed E-state index contributed by atoms with van der Waals surface area (Å²) in [5.74, 6) is 6.01. The summed E-state index contributed by atoms with van der Waals surface area (Å²) in [4.78, 5) is 15.9. The third kappa shape index (κ3) is 3.14. The van der Waals surface area contributed by atoms with Gasteiger partial charge in [0.2, 0.25) is 5.95 Å². The van der Waals surface area contributed by atoms with Crippen LogP contribution in [0.15, 0.2) is 12.4 Å². The molecule has 1 aliphatic rings. The number of nitrogens with two attached hydrogens (primary N) is 1. The van der Waals surface area contributed by atoms with Gasteiger partial charge in [-0.05, 0) is 24.8 Å². The number of rotatable bonds is 4. The highest BCUT2D eigenvalue weighted by atomic mass is 16.6. The normalized spacial score (nSPS) is 17.4. The van der Waals surface area contributed by atoms with Gasteiger partial charge in [-0.1, -0.05) is 13.3 Å². The molecule has 1 aliphatic heterocycles. The molecule has 0 unspecified atom stereocenters. The Balaban J connectivity index is 1.94. The fourth-order valence-corrected chi connectivity index (χ4v) is 2.12. The second-order valence-corrected chi connectivity index (χ2v) is 4.46. The molecule has 1 fully saturated rings. The van der Waals surface area contributed by atoms with Crippen molar-refractivity contribution < 1.29 is 4.84 Å². The zero-order chi connectivity index (χ0) is 12.1. The standard InChI is InChI=1S/C12H20N4O/c1-2-3-10-8-14-12(15-9-10)16-6-4-11(17-13)5-7-16/h8-9,11H,2-7,13H2,1H3. The first-order chi connectivity index (χ1) is 8.33. The number of aromatic nitrogens is 2. The lowest BCUT2D eigenvalue weighted by Crippen LogP contribution is -2.38. The first-order valence-electron chi connectivity index (χ1n) is 6.25. The van der Waals surface area contributed by atoms with E-state index in [0.29, 0.717) is 0 Å². The number of hydrogen-bond acceptors (Lipinski definition) is 5. The van der Waals surface area contributed by atoms with E-state index in [4.69, 9.17) is 10.7 Å². The zero-order valence-electron chi connectivity index (χ0n) is 10.3. The number of hydrogen-bond donors (Lipinski definition) is 1. The highest BCUT2D eigenvalue weighted by Crippen LogP contribution is 2.17. The molecule has 1 aromatic heterocycles. The predicted molar refractivity (Wildman–Crippen MR) is 66.5 cm³/mol. The maximum Gasteiger partial charge on any atom is 0.225 e. The van der Waals surface area contributed by atoms with Crippen molar-refractivity contribution in [1.29, 1.82) is 0 Å². The van der Waals surface area contributed by atoms with Gasteiger partial charge in [0.25, 0.3) is 0 Å². The molecule has 0 amide bonds. The van der Waals surface area contributed by atoms with Crippen LogP contribution in [0.25, 0.3) is 0 Å². The lowest BCUT2D eigenvalue weighted by Gasteiger charge is -2.30. The summed E-state index contributed by atoms with van der Waals surface area (Å²) >= 11 is 0. The van der Waals surface area contributed by atoms with Crippen molar-refractivity contribution >= 4 is 5.95 Å². The van der Waals surface area contributed by atoms with E-state index in [1.165, 1.54) is 5.56 Å². The molecule has 1 saturated heterocycles. The van der Waals surface area contributed by atoms with E-state index in [1.807, 2.05) is 12.4 Å². The average Bonchev–Trinajstić information content (AvgIpc) is 2.40. The van der Waals surface area contributed by atoms with Crippen molar-refractivity contribution in [3.05, 3.63) is 18.0 Å².